The van der Waals surface area contributed by atoms with Crippen LogP contribution in [-0.4, -0.2) is 32.2 Å². The number of carbonyl (C=O) groups excluding carboxylic acids is 1. The number of hydrazone groups is 1. The molecule has 1 unspecified atom stereocenters. The predicted octanol–water partition coefficient (Wildman–Crippen LogP) is 4.51. The highest BCUT2D eigenvalue weighted by Gasteiger charge is 2.33. The summed E-state index contributed by atoms with van der Waals surface area (Å²) in [7, 11) is -2.01. The zero-order valence-corrected chi connectivity index (χ0v) is 19.0. The molecule has 0 fully saturated rings. The Balaban J connectivity index is 1.55. The fraction of sp³-hybridized carbons (Fsp3) is 0.200. The topological polar surface area (TPSA) is 76.0 Å². The molecule has 0 radical (unpaired) electrons. The molecule has 170 valence electrons. The minimum atomic E-state index is -3.60. The molecule has 6 nitrogen and oxygen atoms in total. The number of hydrogen-bond acceptors (Lipinski definition) is 5. The van der Waals surface area contributed by atoms with Crippen LogP contribution in [0.1, 0.15) is 36.1 Å². The Kier molecular flexibility index (Phi) is 6.29. The van der Waals surface area contributed by atoms with Crippen LogP contribution in [0.3, 0.4) is 0 Å². The lowest BCUT2D eigenvalue weighted by molar-refractivity contribution is -0.130. The van der Waals surface area contributed by atoms with Gasteiger partial charge in [0.05, 0.1) is 29.5 Å². The van der Waals surface area contributed by atoms with E-state index in [4.69, 9.17) is 4.74 Å². The number of sulfone groups is 1. The summed E-state index contributed by atoms with van der Waals surface area (Å²) in [4.78, 5) is 12.3. The SMILES string of the molecule is COc1ccccc1C1CC(c2ccc(CS(=O)(=O)c3ccc(F)cc3)cc2)=NN1C(C)=O. The lowest BCUT2D eigenvalue weighted by Crippen LogP contribution is -2.24. The van der Waals surface area contributed by atoms with Gasteiger partial charge in [0.2, 0.25) is 5.91 Å². The van der Waals surface area contributed by atoms with Crippen molar-refractivity contribution in [3.8, 4) is 5.75 Å². The van der Waals surface area contributed by atoms with E-state index in [2.05, 4.69) is 5.10 Å². The summed E-state index contributed by atoms with van der Waals surface area (Å²) in [5.41, 5.74) is 3.01. The smallest absolute Gasteiger partial charge is 0.240 e. The van der Waals surface area contributed by atoms with E-state index < -0.39 is 15.7 Å². The molecule has 1 amide bonds. The average Bonchev–Trinajstić information content (AvgIpc) is 3.25. The number of para-hydroxylation sites is 1. The molecule has 0 aromatic heterocycles. The van der Waals surface area contributed by atoms with Crippen molar-refractivity contribution in [2.45, 2.75) is 30.0 Å². The molecule has 1 atom stereocenters. The van der Waals surface area contributed by atoms with E-state index in [1.54, 1.807) is 31.4 Å². The van der Waals surface area contributed by atoms with E-state index in [9.17, 15) is 17.6 Å². The summed E-state index contributed by atoms with van der Waals surface area (Å²) in [5, 5.41) is 6.00. The maximum Gasteiger partial charge on any atom is 0.240 e. The number of hydrogen-bond donors (Lipinski definition) is 0. The number of rotatable bonds is 6. The van der Waals surface area contributed by atoms with Gasteiger partial charge < -0.3 is 4.74 Å². The fourth-order valence-electron chi connectivity index (χ4n) is 3.90. The van der Waals surface area contributed by atoms with Crippen LogP contribution in [0, 0.1) is 5.82 Å². The van der Waals surface area contributed by atoms with Crippen LogP contribution in [0.2, 0.25) is 0 Å². The van der Waals surface area contributed by atoms with Crippen LogP contribution >= 0.6 is 0 Å². The molecular weight excluding hydrogens is 443 g/mol. The van der Waals surface area contributed by atoms with Crippen molar-refractivity contribution in [2.75, 3.05) is 7.11 Å². The highest BCUT2D eigenvalue weighted by molar-refractivity contribution is 7.90. The van der Waals surface area contributed by atoms with Gasteiger partial charge in [0.1, 0.15) is 11.6 Å². The molecule has 1 aliphatic heterocycles. The lowest BCUT2D eigenvalue weighted by Gasteiger charge is -2.22. The number of ether oxygens (including phenoxy) is 1. The van der Waals surface area contributed by atoms with Crippen LogP contribution in [0.15, 0.2) is 82.8 Å². The van der Waals surface area contributed by atoms with Crippen LogP contribution in [0.4, 0.5) is 4.39 Å². The minimum absolute atomic E-state index is 0.0740. The van der Waals surface area contributed by atoms with Crippen LogP contribution in [-0.2, 0) is 20.4 Å². The highest BCUT2D eigenvalue weighted by Crippen LogP contribution is 2.37. The summed E-state index contributed by atoms with van der Waals surface area (Å²) < 4.78 is 43.8. The molecule has 0 spiro atoms. The molecule has 0 aliphatic carbocycles. The molecule has 3 aromatic rings. The number of halogens is 1. The Labute approximate surface area is 192 Å². The largest absolute Gasteiger partial charge is 0.496 e. The van der Waals surface area contributed by atoms with Crippen molar-refractivity contribution in [3.63, 3.8) is 0 Å². The molecule has 0 saturated heterocycles. The first-order chi connectivity index (χ1) is 15.8. The van der Waals surface area contributed by atoms with Gasteiger partial charge in [-0.15, -0.1) is 0 Å². The first-order valence-corrected chi connectivity index (χ1v) is 12.0. The zero-order chi connectivity index (χ0) is 23.6. The number of methoxy groups -OCH3 is 1. The second-order valence-corrected chi connectivity index (χ2v) is 9.77. The van der Waals surface area contributed by atoms with E-state index in [1.165, 1.54) is 24.1 Å². The molecule has 8 heteroatoms. The molecular formula is C25H23FN2O4S. The van der Waals surface area contributed by atoms with Crippen molar-refractivity contribution in [2.24, 2.45) is 5.10 Å². The maximum atomic E-state index is 13.1. The van der Waals surface area contributed by atoms with E-state index in [1.807, 2.05) is 24.3 Å². The van der Waals surface area contributed by atoms with Gasteiger partial charge in [0, 0.05) is 18.9 Å². The number of nitrogens with zero attached hydrogens (tertiary/aromatic N) is 2. The third-order valence-corrected chi connectivity index (χ3v) is 7.25. The molecule has 3 aromatic carbocycles. The van der Waals surface area contributed by atoms with Gasteiger partial charge in [-0.1, -0.05) is 42.5 Å². The molecule has 33 heavy (non-hydrogen) atoms. The lowest BCUT2D eigenvalue weighted by atomic mass is 9.97. The Bertz CT molecular complexity index is 1300. The fourth-order valence-corrected chi connectivity index (χ4v) is 5.25. The standard InChI is InChI=1S/C25H23FN2O4S/c1-17(29)28-24(22-5-3-4-6-25(22)32-2)15-23(27-28)19-9-7-18(8-10-19)16-33(30,31)21-13-11-20(26)12-14-21/h3-14,24H,15-16H2,1-2H3. The molecule has 0 saturated carbocycles. The van der Waals surface area contributed by atoms with Crippen molar-refractivity contribution >= 4 is 21.5 Å². The molecule has 1 heterocycles. The Morgan fingerprint density at radius 3 is 2.36 bits per heavy atom. The number of carbonyl (C=O) groups is 1. The van der Waals surface area contributed by atoms with Gasteiger partial charge in [0.15, 0.2) is 9.84 Å². The summed E-state index contributed by atoms with van der Waals surface area (Å²) in [6.45, 7) is 1.47. The molecule has 1 aliphatic rings. The first-order valence-electron chi connectivity index (χ1n) is 10.4. The monoisotopic (exact) mass is 466 g/mol. The second kappa shape index (κ2) is 9.15. The van der Waals surface area contributed by atoms with Crippen molar-refractivity contribution < 1.29 is 22.3 Å². The second-order valence-electron chi connectivity index (χ2n) is 7.78. The third kappa shape index (κ3) is 4.80. The molecule has 0 bridgehead atoms. The summed E-state index contributed by atoms with van der Waals surface area (Å²) in [5.74, 6) is -0.175. The summed E-state index contributed by atoms with van der Waals surface area (Å²) >= 11 is 0. The normalized spacial score (nSPS) is 15.9. The van der Waals surface area contributed by atoms with E-state index in [0.717, 1.165) is 29.0 Å². The zero-order valence-electron chi connectivity index (χ0n) is 18.2. The number of amides is 1. The first kappa shape index (κ1) is 22.7. The van der Waals surface area contributed by atoms with E-state index in [0.29, 0.717) is 17.7 Å². The summed E-state index contributed by atoms with van der Waals surface area (Å²) in [6, 6.07) is 19.1. The Morgan fingerprint density at radius 2 is 1.73 bits per heavy atom. The maximum absolute atomic E-state index is 13.1. The van der Waals surface area contributed by atoms with Crippen LogP contribution < -0.4 is 4.74 Å². The molecule has 0 N–H and O–H groups in total. The van der Waals surface area contributed by atoms with Gasteiger partial charge in [-0.3, -0.25) is 4.79 Å². The predicted molar refractivity (Wildman–Crippen MR) is 123 cm³/mol. The van der Waals surface area contributed by atoms with Gasteiger partial charge in [-0.05, 0) is 41.5 Å². The van der Waals surface area contributed by atoms with Crippen LogP contribution in [0.25, 0.3) is 0 Å². The molecule has 4 rings (SSSR count). The van der Waals surface area contributed by atoms with Crippen LogP contribution in [0.5, 0.6) is 5.75 Å². The minimum Gasteiger partial charge on any atom is -0.496 e. The van der Waals surface area contributed by atoms with Gasteiger partial charge in [-0.2, -0.15) is 5.10 Å². The average molecular weight is 467 g/mol. The Morgan fingerprint density at radius 1 is 1.06 bits per heavy atom. The quantitative estimate of drug-likeness (QED) is 0.501. The highest BCUT2D eigenvalue weighted by atomic mass is 32.2. The van der Waals surface area contributed by atoms with Crippen molar-refractivity contribution in [1.82, 2.24) is 5.01 Å². The van der Waals surface area contributed by atoms with Gasteiger partial charge in [-0.25, -0.2) is 17.8 Å². The summed E-state index contributed by atoms with van der Waals surface area (Å²) in [6.07, 6.45) is 0.507. The number of benzene rings is 3. The van der Waals surface area contributed by atoms with Crippen molar-refractivity contribution in [3.05, 3.63) is 95.3 Å². The van der Waals surface area contributed by atoms with Gasteiger partial charge >= 0.3 is 0 Å². The van der Waals surface area contributed by atoms with Gasteiger partial charge in [0.25, 0.3) is 0 Å². The van der Waals surface area contributed by atoms with Crippen molar-refractivity contribution in [1.29, 1.82) is 0 Å². The van der Waals surface area contributed by atoms with E-state index >= 15 is 0 Å². The Hall–Kier alpha value is -3.52. The van der Waals surface area contributed by atoms with E-state index in [-0.39, 0.29) is 22.6 Å². The third-order valence-electron chi connectivity index (χ3n) is 5.55.